The molecule has 118 valence electrons. The van der Waals surface area contributed by atoms with Gasteiger partial charge in [0.15, 0.2) is 17.4 Å². The van der Waals surface area contributed by atoms with Crippen molar-refractivity contribution in [2.75, 3.05) is 0 Å². The summed E-state index contributed by atoms with van der Waals surface area (Å²) in [5, 5.41) is 0. The maximum absolute atomic E-state index is 13.4. The normalized spacial score (nSPS) is 11.7. The third-order valence-corrected chi connectivity index (χ3v) is 3.10. The number of benzene rings is 2. The summed E-state index contributed by atoms with van der Waals surface area (Å²) >= 11 is 0. The predicted molar refractivity (Wildman–Crippen MR) is 72.3 cm³/mol. The van der Waals surface area contributed by atoms with E-state index >= 15 is 0 Å². The molecule has 0 amide bonds. The molecule has 0 aliphatic rings. The van der Waals surface area contributed by atoms with Crippen molar-refractivity contribution in [2.45, 2.75) is 6.18 Å². The van der Waals surface area contributed by atoms with Gasteiger partial charge in [0.05, 0.1) is 0 Å². The zero-order valence-electron chi connectivity index (χ0n) is 11.4. The van der Waals surface area contributed by atoms with E-state index in [1.165, 1.54) is 0 Å². The molecular formula is C16H8F5NO. The van der Waals surface area contributed by atoms with Crippen LogP contribution in [-0.4, -0.2) is 4.98 Å². The summed E-state index contributed by atoms with van der Waals surface area (Å²) in [6, 6.07) is 10.7. The monoisotopic (exact) mass is 325 g/mol. The molecule has 3 aromatic rings. The quantitative estimate of drug-likeness (QED) is 0.597. The molecule has 0 unspecified atom stereocenters. The lowest BCUT2D eigenvalue weighted by Crippen LogP contribution is -2.04. The van der Waals surface area contributed by atoms with Crippen molar-refractivity contribution in [3.8, 4) is 22.6 Å². The Bertz CT molecular complexity index is 839. The maximum atomic E-state index is 13.4. The second-order valence-electron chi connectivity index (χ2n) is 4.69. The summed E-state index contributed by atoms with van der Waals surface area (Å²) < 4.78 is 69.8. The molecule has 0 saturated carbocycles. The van der Waals surface area contributed by atoms with Crippen LogP contribution < -0.4 is 0 Å². The van der Waals surface area contributed by atoms with Gasteiger partial charge in [-0.15, -0.1) is 0 Å². The fourth-order valence-electron chi connectivity index (χ4n) is 2.07. The predicted octanol–water partition coefficient (Wildman–Crippen LogP) is 5.31. The molecule has 0 aliphatic heterocycles. The Labute approximate surface area is 127 Å². The van der Waals surface area contributed by atoms with E-state index < -0.39 is 23.7 Å². The smallest absolute Gasteiger partial charge is 0.432 e. The highest BCUT2D eigenvalue weighted by Crippen LogP contribution is 2.38. The van der Waals surface area contributed by atoms with Crippen molar-refractivity contribution in [1.82, 2.24) is 4.98 Å². The van der Waals surface area contributed by atoms with Gasteiger partial charge >= 0.3 is 12.1 Å². The number of nitrogens with zero attached hydrogens (tertiary/aromatic N) is 1. The second-order valence-corrected chi connectivity index (χ2v) is 4.69. The summed E-state index contributed by atoms with van der Waals surface area (Å²) in [4.78, 5) is 3.47. The van der Waals surface area contributed by atoms with Gasteiger partial charge in [-0.05, 0) is 18.2 Å². The summed E-state index contributed by atoms with van der Waals surface area (Å²) in [5.74, 6) is -4.02. The van der Waals surface area contributed by atoms with E-state index in [1.807, 2.05) is 0 Å². The third-order valence-electron chi connectivity index (χ3n) is 3.10. The Hall–Kier alpha value is -2.70. The summed E-state index contributed by atoms with van der Waals surface area (Å²) in [6.45, 7) is 0. The highest BCUT2D eigenvalue weighted by atomic mass is 19.4. The minimum absolute atomic E-state index is 0.0363. The first-order valence-electron chi connectivity index (χ1n) is 6.45. The fraction of sp³-hybridized carbons (Fsp3) is 0.0625. The Morgan fingerprint density at radius 1 is 0.826 bits per heavy atom. The number of oxazole rings is 1. The first-order valence-corrected chi connectivity index (χ1v) is 6.45. The molecule has 1 aromatic heterocycles. The third kappa shape index (κ3) is 2.94. The Balaban J connectivity index is 2.22. The van der Waals surface area contributed by atoms with Crippen molar-refractivity contribution >= 4 is 0 Å². The number of hydrogen-bond donors (Lipinski definition) is 0. The second kappa shape index (κ2) is 5.49. The molecule has 2 aromatic carbocycles. The minimum atomic E-state index is -4.79. The van der Waals surface area contributed by atoms with Gasteiger partial charge in [-0.1, -0.05) is 30.3 Å². The van der Waals surface area contributed by atoms with E-state index in [1.54, 1.807) is 30.3 Å². The summed E-state index contributed by atoms with van der Waals surface area (Å²) in [7, 11) is 0. The average molecular weight is 325 g/mol. The molecule has 2 nitrogen and oxygen atoms in total. The van der Waals surface area contributed by atoms with E-state index in [0.717, 1.165) is 18.2 Å². The van der Waals surface area contributed by atoms with Crippen LogP contribution in [0.15, 0.2) is 52.9 Å². The highest BCUT2D eigenvalue weighted by Gasteiger charge is 2.39. The first-order chi connectivity index (χ1) is 10.9. The van der Waals surface area contributed by atoms with Crippen LogP contribution in [0, 0.1) is 11.6 Å². The van der Waals surface area contributed by atoms with Crippen LogP contribution in [0.5, 0.6) is 0 Å². The van der Waals surface area contributed by atoms with Crippen LogP contribution in [0.3, 0.4) is 0 Å². The molecular weight excluding hydrogens is 317 g/mol. The van der Waals surface area contributed by atoms with Crippen LogP contribution in [0.1, 0.15) is 5.89 Å². The van der Waals surface area contributed by atoms with Gasteiger partial charge in [-0.3, -0.25) is 0 Å². The van der Waals surface area contributed by atoms with E-state index in [-0.39, 0.29) is 17.0 Å². The highest BCUT2D eigenvalue weighted by molar-refractivity contribution is 5.76. The van der Waals surface area contributed by atoms with Gasteiger partial charge in [0, 0.05) is 11.1 Å². The minimum Gasteiger partial charge on any atom is -0.432 e. The number of hydrogen-bond acceptors (Lipinski definition) is 2. The van der Waals surface area contributed by atoms with Crippen molar-refractivity contribution in [2.24, 2.45) is 0 Å². The number of halogens is 5. The Morgan fingerprint density at radius 2 is 1.52 bits per heavy atom. The van der Waals surface area contributed by atoms with Crippen molar-refractivity contribution in [3.63, 3.8) is 0 Å². The van der Waals surface area contributed by atoms with Crippen molar-refractivity contribution in [3.05, 3.63) is 66.1 Å². The molecule has 0 N–H and O–H groups in total. The standard InChI is InChI=1S/C16H8F5NO/c17-11-7-6-10(8-12(11)18)14-13(9-4-2-1-3-5-9)22-15(23-14)16(19,20)21/h1-8H. The molecule has 0 aliphatic carbocycles. The molecule has 0 fully saturated rings. The van der Waals surface area contributed by atoms with Gasteiger partial charge in [-0.2, -0.15) is 13.2 Å². The molecule has 3 rings (SSSR count). The molecule has 23 heavy (non-hydrogen) atoms. The van der Waals surface area contributed by atoms with Crippen LogP contribution in [-0.2, 0) is 6.18 Å². The molecule has 0 radical (unpaired) electrons. The average Bonchev–Trinajstić information content (AvgIpc) is 2.96. The lowest BCUT2D eigenvalue weighted by molar-refractivity contribution is -0.156. The largest absolute Gasteiger partial charge is 0.468 e. The zero-order valence-corrected chi connectivity index (χ0v) is 11.4. The SMILES string of the molecule is Fc1ccc(-c2oc(C(F)(F)F)nc2-c2ccccc2)cc1F. The summed E-state index contributed by atoms with van der Waals surface area (Å²) in [5.41, 5.74) is 0.237. The van der Waals surface area contributed by atoms with Crippen molar-refractivity contribution in [1.29, 1.82) is 0 Å². The molecule has 0 bridgehead atoms. The van der Waals surface area contributed by atoms with Crippen LogP contribution in [0.4, 0.5) is 22.0 Å². The van der Waals surface area contributed by atoms with Gasteiger partial charge in [0.2, 0.25) is 0 Å². The lowest BCUT2D eigenvalue weighted by Gasteiger charge is -2.02. The van der Waals surface area contributed by atoms with Crippen LogP contribution in [0.2, 0.25) is 0 Å². The van der Waals surface area contributed by atoms with E-state index in [0.29, 0.717) is 5.56 Å². The van der Waals surface area contributed by atoms with Gasteiger partial charge in [0.1, 0.15) is 5.69 Å². The number of alkyl halides is 3. The molecule has 1 heterocycles. The molecule has 0 atom stereocenters. The first kappa shape index (κ1) is 15.2. The maximum Gasteiger partial charge on any atom is 0.468 e. The molecule has 0 saturated heterocycles. The van der Waals surface area contributed by atoms with E-state index in [4.69, 9.17) is 4.42 Å². The Morgan fingerprint density at radius 3 is 2.13 bits per heavy atom. The molecule has 0 spiro atoms. The summed E-state index contributed by atoms with van der Waals surface area (Å²) in [6.07, 6.45) is -4.79. The topological polar surface area (TPSA) is 26.0 Å². The number of aromatic nitrogens is 1. The lowest BCUT2D eigenvalue weighted by atomic mass is 10.1. The zero-order chi connectivity index (χ0) is 16.6. The van der Waals surface area contributed by atoms with Gasteiger partial charge < -0.3 is 4.42 Å². The van der Waals surface area contributed by atoms with E-state index in [2.05, 4.69) is 4.98 Å². The van der Waals surface area contributed by atoms with Crippen molar-refractivity contribution < 1.29 is 26.4 Å². The van der Waals surface area contributed by atoms with Gasteiger partial charge in [-0.25, -0.2) is 13.8 Å². The Kier molecular flexibility index (Phi) is 3.63. The number of rotatable bonds is 2. The molecule has 7 heteroatoms. The van der Waals surface area contributed by atoms with Crippen LogP contribution >= 0.6 is 0 Å². The van der Waals surface area contributed by atoms with Gasteiger partial charge in [0.25, 0.3) is 0 Å². The van der Waals surface area contributed by atoms with Crippen LogP contribution in [0.25, 0.3) is 22.6 Å². The van der Waals surface area contributed by atoms with E-state index in [9.17, 15) is 22.0 Å². The fourth-order valence-corrected chi connectivity index (χ4v) is 2.07.